The summed E-state index contributed by atoms with van der Waals surface area (Å²) in [7, 11) is 0. The van der Waals surface area contributed by atoms with Gasteiger partial charge in [0.05, 0.1) is 32.9 Å². The van der Waals surface area contributed by atoms with Crippen molar-refractivity contribution < 1.29 is 26.3 Å². The lowest BCUT2D eigenvalue weighted by atomic mass is 10.1. The average molecular weight is 491 g/mol. The van der Waals surface area contributed by atoms with Crippen molar-refractivity contribution in [3.05, 3.63) is 69.7 Å². The lowest BCUT2D eigenvalue weighted by Gasteiger charge is -2.12. The molecule has 0 spiro atoms. The van der Waals surface area contributed by atoms with Crippen LogP contribution in [-0.4, -0.2) is 14.8 Å². The number of halogens is 8. The number of rotatable bonds is 2. The number of pyridine rings is 1. The van der Waals surface area contributed by atoms with Crippen LogP contribution in [0.5, 0.6) is 0 Å². The molecule has 4 nitrogen and oxygen atoms in total. The minimum Gasteiger partial charge on any atom is -0.383 e. The fraction of sp³-hybridized carbons (Fsp3) is 0.100. The Kier molecular flexibility index (Phi) is 5.25. The Labute approximate surface area is 186 Å². The van der Waals surface area contributed by atoms with Gasteiger partial charge in [0.25, 0.3) is 0 Å². The van der Waals surface area contributed by atoms with E-state index in [2.05, 4.69) is 10.1 Å². The third kappa shape index (κ3) is 3.95. The Balaban J connectivity index is 1.96. The van der Waals surface area contributed by atoms with E-state index in [1.165, 1.54) is 24.3 Å². The van der Waals surface area contributed by atoms with E-state index in [0.717, 1.165) is 22.9 Å². The van der Waals surface area contributed by atoms with Crippen LogP contribution in [0.15, 0.2) is 48.5 Å². The summed E-state index contributed by atoms with van der Waals surface area (Å²) >= 11 is 11.8. The molecule has 0 unspecified atom stereocenters. The van der Waals surface area contributed by atoms with Gasteiger partial charge >= 0.3 is 12.4 Å². The van der Waals surface area contributed by atoms with E-state index in [0.29, 0.717) is 16.7 Å². The zero-order valence-corrected chi connectivity index (χ0v) is 17.1. The topological polar surface area (TPSA) is 56.7 Å². The fourth-order valence-electron chi connectivity index (χ4n) is 3.14. The summed E-state index contributed by atoms with van der Waals surface area (Å²) in [5.74, 6) is -0.468. The molecular weight excluding hydrogens is 481 g/mol. The van der Waals surface area contributed by atoms with Crippen molar-refractivity contribution in [2.45, 2.75) is 12.4 Å². The van der Waals surface area contributed by atoms with E-state index in [1.54, 1.807) is 0 Å². The molecule has 12 heteroatoms. The molecule has 2 aromatic heterocycles. The number of nitrogens with zero attached hydrogens (tertiary/aromatic N) is 3. The Hall–Kier alpha value is -2.98. The summed E-state index contributed by atoms with van der Waals surface area (Å²) in [4.78, 5) is 4.16. The molecule has 4 aromatic rings. The lowest BCUT2D eigenvalue weighted by molar-refractivity contribution is -0.138. The molecule has 4 rings (SSSR count). The van der Waals surface area contributed by atoms with Crippen LogP contribution < -0.4 is 5.73 Å². The number of nitrogen functional groups attached to an aromatic ring is 1. The third-order valence-corrected chi connectivity index (χ3v) is 5.18. The van der Waals surface area contributed by atoms with Crippen LogP contribution in [0, 0.1) is 0 Å². The molecule has 166 valence electrons. The maximum Gasteiger partial charge on any atom is 0.417 e. The smallest absolute Gasteiger partial charge is 0.383 e. The van der Waals surface area contributed by atoms with Gasteiger partial charge in [0.2, 0.25) is 0 Å². The van der Waals surface area contributed by atoms with Crippen LogP contribution in [-0.2, 0) is 12.4 Å². The van der Waals surface area contributed by atoms with E-state index in [9.17, 15) is 26.3 Å². The van der Waals surface area contributed by atoms with Crippen molar-refractivity contribution in [3.8, 4) is 16.9 Å². The summed E-state index contributed by atoms with van der Waals surface area (Å²) in [6.07, 6.45) is -9.46. The first-order chi connectivity index (χ1) is 14.9. The van der Waals surface area contributed by atoms with E-state index < -0.39 is 39.7 Å². The van der Waals surface area contributed by atoms with Crippen LogP contribution in [0.25, 0.3) is 28.0 Å². The van der Waals surface area contributed by atoms with Crippen LogP contribution in [0.3, 0.4) is 0 Å². The molecule has 0 atom stereocenters. The summed E-state index contributed by atoms with van der Waals surface area (Å²) in [6, 6.07) is 9.12. The molecule has 0 saturated carbocycles. The Morgan fingerprint density at radius 3 is 2.06 bits per heavy atom. The lowest BCUT2D eigenvalue weighted by Crippen LogP contribution is -2.09. The van der Waals surface area contributed by atoms with Gasteiger partial charge < -0.3 is 5.73 Å². The molecule has 0 radical (unpaired) electrons. The first-order valence-corrected chi connectivity index (χ1v) is 9.51. The molecule has 2 N–H and O–H groups in total. The largest absolute Gasteiger partial charge is 0.417 e. The van der Waals surface area contributed by atoms with E-state index in [-0.39, 0.29) is 17.0 Å². The maximum atomic E-state index is 13.8. The average Bonchev–Trinajstić information content (AvgIpc) is 3.02. The molecule has 32 heavy (non-hydrogen) atoms. The van der Waals surface area contributed by atoms with Gasteiger partial charge in [-0.1, -0.05) is 35.3 Å². The highest BCUT2D eigenvalue weighted by Crippen LogP contribution is 2.41. The highest BCUT2D eigenvalue weighted by atomic mass is 35.5. The Bertz CT molecular complexity index is 1330. The van der Waals surface area contributed by atoms with Crippen molar-refractivity contribution in [1.29, 1.82) is 0 Å². The van der Waals surface area contributed by atoms with Crippen LogP contribution in [0.1, 0.15) is 11.1 Å². The molecule has 0 bridgehead atoms. The SMILES string of the molecule is Nc1c2c(C(F)(F)F)cc(-c3ccc(Cl)cc3)nc2nn1-c1ccc(C(F)(F)F)cc1Cl. The number of aromatic nitrogens is 3. The zero-order chi connectivity index (χ0) is 23.4. The van der Waals surface area contributed by atoms with Gasteiger partial charge in [0.1, 0.15) is 5.82 Å². The number of alkyl halides is 6. The number of hydrogen-bond acceptors (Lipinski definition) is 3. The van der Waals surface area contributed by atoms with E-state index >= 15 is 0 Å². The van der Waals surface area contributed by atoms with Gasteiger partial charge in [0, 0.05) is 10.6 Å². The molecule has 0 aliphatic heterocycles. The molecule has 2 heterocycles. The number of benzene rings is 2. The van der Waals surface area contributed by atoms with Crippen LogP contribution in [0.2, 0.25) is 10.0 Å². The molecular formula is C20H10Cl2F6N4. The van der Waals surface area contributed by atoms with Gasteiger partial charge in [-0.05, 0) is 36.4 Å². The molecule has 2 aromatic carbocycles. The number of hydrogen-bond donors (Lipinski definition) is 1. The highest BCUT2D eigenvalue weighted by molar-refractivity contribution is 6.32. The first-order valence-electron chi connectivity index (χ1n) is 8.76. The van der Waals surface area contributed by atoms with Crippen molar-refractivity contribution in [2.75, 3.05) is 5.73 Å². The summed E-state index contributed by atoms with van der Waals surface area (Å²) in [5.41, 5.74) is 3.64. The number of fused-ring (bicyclic) bond motifs is 1. The van der Waals surface area contributed by atoms with Gasteiger partial charge in [-0.3, -0.25) is 0 Å². The minimum absolute atomic E-state index is 0.0374. The minimum atomic E-state index is -4.81. The summed E-state index contributed by atoms with van der Waals surface area (Å²) in [6.45, 7) is 0. The normalized spacial score (nSPS) is 12.5. The standard InChI is InChI=1S/C20H10Cl2F6N4/c21-11-4-1-9(2-5-11)14-8-12(20(26,27)28)16-17(29)32(31-18(16)30-14)15-6-3-10(7-13(15)22)19(23,24)25/h1-8H,29H2. The molecule has 0 aliphatic rings. The van der Waals surface area contributed by atoms with Gasteiger partial charge in [0.15, 0.2) is 5.65 Å². The Morgan fingerprint density at radius 1 is 0.844 bits per heavy atom. The van der Waals surface area contributed by atoms with Crippen molar-refractivity contribution in [3.63, 3.8) is 0 Å². The molecule has 0 saturated heterocycles. The predicted octanol–water partition coefficient (Wildman–Crippen LogP) is 7.01. The monoisotopic (exact) mass is 490 g/mol. The van der Waals surface area contributed by atoms with Crippen LogP contribution in [0.4, 0.5) is 32.2 Å². The van der Waals surface area contributed by atoms with E-state index in [1.807, 2.05) is 0 Å². The van der Waals surface area contributed by atoms with Crippen molar-refractivity contribution in [2.24, 2.45) is 0 Å². The molecule has 0 aliphatic carbocycles. The van der Waals surface area contributed by atoms with Gasteiger partial charge in [-0.15, -0.1) is 5.10 Å². The first kappa shape index (κ1) is 22.2. The second kappa shape index (κ2) is 7.56. The number of nitrogens with two attached hydrogens (primary N) is 1. The van der Waals surface area contributed by atoms with Crippen molar-refractivity contribution in [1.82, 2.24) is 14.8 Å². The quantitative estimate of drug-likeness (QED) is 0.307. The second-order valence-electron chi connectivity index (χ2n) is 6.72. The zero-order valence-electron chi connectivity index (χ0n) is 15.6. The Morgan fingerprint density at radius 2 is 1.50 bits per heavy atom. The van der Waals surface area contributed by atoms with Gasteiger partial charge in [-0.2, -0.15) is 26.3 Å². The molecule has 0 amide bonds. The predicted molar refractivity (Wildman–Crippen MR) is 109 cm³/mol. The van der Waals surface area contributed by atoms with E-state index in [4.69, 9.17) is 28.9 Å². The van der Waals surface area contributed by atoms with Crippen molar-refractivity contribution >= 4 is 40.1 Å². The fourth-order valence-corrected chi connectivity index (χ4v) is 3.53. The highest BCUT2D eigenvalue weighted by Gasteiger charge is 2.36. The van der Waals surface area contributed by atoms with Gasteiger partial charge in [-0.25, -0.2) is 9.67 Å². The maximum absolute atomic E-state index is 13.8. The summed E-state index contributed by atoms with van der Waals surface area (Å²) < 4.78 is 81.1. The number of anilines is 1. The third-order valence-electron chi connectivity index (χ3n) is 4.63. The molecule has 0 fully saturated rings. The summed E-state index contributed by atoms with van der Waals surface area (Å²) in [5, 5.41) is 3.50. The van der Waals surface area contributed by atoms with Crippen LogP contribution >= 0.6 is 23.2 Å². The second-order valence-corrected chi connectivity index (χ2v) is 7.56.